The number of benzene rings is 1. The molecule has 6 rings (SSSR count). The van der Waals surface area contributed by atoms with Crippen molar-refractivity contribution in [1.82, 2.24) is 34.7 Å². The number of nitrogens with one attached hydrogen (secondary N) is 1. The number of furan rings is 1. The van der Waals surface area contributed by atoms with Gasteiger partial charge in [-0.2, -0.15) is 14.6 Å². The van der Waals surface area contributed by atoms with E-state index in [1.54, 1.807) is 29.3 Å². The van der Waals surface area contributed by atoms with Crippen LogP contribution < -0.4 is 11.1 Å². The SMILES string of the molecule is CC(C(=O)NC[C@@H]1CCOC1)(c1ccccc1)n1ncc2c1nc(N)n1nc(-c3ccco3)nc21. The molecule has 1 saturated heterocycles. The summed E-state index contributed by atoms with van der Waals surface area (Å²) >= 11 is 0. The summed E-state index contributed by atoms with van der Waals surface area (Å²) < 4.78 is 14.0. The zero-order chi connectivity index (χ0) is 24.0. The van der Waals surface area contributed by atoms with Crippen LogP contribution in [0.4, 0.5) is 5.95 Å². The van der Waals surface area contributed by atoms with Crippen LogP contribution in [0.5, 0.6) is 0 Å². The Hall–Kier alpha value is -4.25. The molecule has 5 heterocycles. The van der Waals surface area contributed by atoms with Crippen molar-refractivity contribution in [2.75, 3.05) is 25.5 Å². The Kier molecular flexibility index (Phi) is 4.99. The average Bonchev–Trinajstić information content (AvgIpc) is 3.68. The standard InChI is InChI=1S/C24H24N8O3/c1-24(16-6-3-2-4-7-16,22(33)26-12-15-9-11-34-14-15)32-21-17(13-27-32)20-28-19(18-8-5-10-35-18)30-31(20)23(25)29-21/h2-8,10,13,15H,9,11-12,14H2,1H3,(H2,25,29)(H,26,33)/t15-,24?/m0/s1. The van der Waals surface area contributed by atoms with Gasteiger partial charge in [0, 0.05) is 19.1 Å². The van der Waals surface area contributed by atoms with Crippen LogP contribution in [0, 0.1) is 5.92 Å². The van der Waals surface area contributed by atoms with Crippen LogP contribution in [-0.4, -0.2) is 55.0 Å². The molecule has 0 bridgehead atoms. The van der Waals surface area contributed by atoms with Crippen molar-refractivity contribution >= 4 is 28.5 Å². The number of hydrogen-bond donors (Lipinski definition) is 2. The predicted octanol–water partition coefficient (Wildman–Crippen LogP) is 2.23. The number of carbonyl (C=O) groups excluding carboxylic acids is 1. The molecule has 0 spiro atoms. The first-order valence-electron chi connectivity index (χ1n) is 11.4. The molecule has 1 aliphatic heterocycles. The van der Waals surface area contributed by atoms with E-state index in [0.29, 0.717) is 41.4 Å². The highest BCUT2D eigenvalue weighted by molar-refractivity contribution is 5.94. The maximum atomic E-state index is 13.8. The van der Waals surface area contributed by atoms with Crippen LogP contribution in [-0.2, 0) is 15.1 Å². The van der Waals surface area contributed by atoms with Gasteiger partial charge in [-0.1, -0.05) is 30.3 Å². The lowest BCUT2D eigenvalue weighted by Gasteiger charge is -2.30. The number of anilines is 1. The fraction of sp³-hybridized carbons (Fsp3) is 0.292. The summed E-state index contributed by atoms with van der Waals surface area (Å²) in [6.07, 6.45) is 4.11. The van der Waals surface area contributed by atoms with Gasteiger partial charge in [0.1, 0.15) is 0 Å². The topological polar surface area (TPSA) is 138 Å². The summed E-state index contributed by atoms with van der Waals surface area (Å²) in [6.45, 7) is 3.72. The minimum Gasteiger partial charge on any atom is -0.461 e. The molecule has 1 aromatic carbocycles. The van der Waals surface area contributed by atoms with Crippen LogP contribution in [0.15, 0.2) is 59.3 Å². The van der Waals surface area contributed by atoms with Crippen molar-refractivity contribution in [3.05, 3.63) is 60.5 Å². The molecule has 11 heteroatoms. The van der Waals surface area contributed by atoms with Gasteiger partial charge >= 0.3 is 0 Å². The lowest BCUT2D eigenvalue weighted by atomic mass is 9.90. The Morgan fingerprint density at radius 1 is 1.20 bits per heavy atom. The first-order valence-corrected chi connectivity index (χ1v) is 11.4. The van der Waals surface area contributed by atoms with Crippen LogP contribution in [0.2, 0.25) is 0 Å². The summed E-state index contributed by atoms with van der Waals surface area (Å²) in [6, 6.07) is 13.0. The van der Waals surface area contributed by atoms with Crippen molar-refractivity contribution in [3.8, 4) is 11.6 Å². The molecule has 1 unspecified atom stereocenters. The molecule has 2 atom stereocenters. The van der Waals surface area contributed by atoms with Gasteiger partial charge < -0.3 is 20.2 Å². The number of rotatable bonds is 6. The summed E-state index contributed by atoms with van der Waals surface area (Å²) in [5.41, 5.74) is 6.76. The number of fused-ring (bicyclic) bond motifs is 3. The lowest BCUT2D eigenvalue weighted by molar-refractivity contribution is -0.127. The molecule has 5 aromatic rings. The highest BCUT2D eigenvalue weighted by atomic mass is 16.5. The van der Waals surface area contributed by atoms with E-state index in [-0.39, 0.29) is 17.8 Å². The summed E-state index contributed by atoms with van der Waals surface area (Å²) in [4.78, 5) is 22.9. The second-order valence-electron chi connectivity index (χ2n) is 8.79. The van der Waals surface area contributed by atoms with E-state index in [1.165, 1.54) is 4.52 Å². The van der Waals surface area contributed by atoms with Crippen molar-refractivity contribution < 1.29 is 13.9 Å². The van der Waals surface area contributed by atoms with Crippen LogP contribution >= 0.6 is 0 Å². The third-order valence-electron chi connectivity index (χ3n) is 6.55. The second-order valence-corrected chi connectivity index (χ2v) is 8.79. The molecule has 178 valence electrons. The first kappa shape index (κ1) is 21.3. The van der Waals surface area contributed by atoms with Crippen molar-refractivity contribution in [1.29, 1.82) is 0 Å². The van der Waals surface area contributed by atoms with Gasteiger partial charge in [-0.15, -0.1) is 5.10 Å². The smallest absolute Gasteiger partial charge is 0.252 e. The maximum Gasteiger partial charge on any atom is 0.252 e. The molecular weight excluding hydrogens is 448 g/mol. The summed E-state index contributed by atoms with van der Waals surface area (Å²) in [5.74, 6) is 1.11. The average molecular weight is 473 g/mol. The molecule has 11 nitrogen and oxygen atoms in total. The second kappa shape index (κ2) is 8.20. The minimum atomic E-state index is -1.19. The fourth-order valence-corrected chi connectivity index (χ4v) is 4.51. The largest absolute Gasteiger partial charge is 0.461 e. The van der Waals surface area contributed by atoms with Gasteiger partial charge in [-0.3, -0.25) is 4.79 Å². The third-order valence-corrected chi connectivity index (χ3v) is 6.55. The van der Waals surface area contributed by atoms with Gasteiger partial charge in [0.05, 0.1) is 24.5 Å². The molecule has 0 radical (unpaired) electrons. The highest BCUT2D eigenvalue weighted by Gasteiger charge is 2.40. The van der Waals surface area contributed by atoms with Crippen LogP contribution in [0.1, 0.15) is 18.9 Å². The summed E-state index contributed by atoms with van der Waals surface area (Å²) in [7, 11) is 0. The van der Waals surface area contributed by atoms with E-state index in [1.807, 2.05) is 37.3 Å². The van der Waals surface area contributed by atoms with Gasteiger partial charge in [0.2, 0.25) is 11.8 Å². The third kappa shape index (κ3) is 3.43. The number of carbonyl (C=O) groups is 1. The Morgan fingerprint density at radius 2 is 2.06 bits per heavy atom. The van der Waals surface area contributed by atoms with E-state index < -0.39 is 5.54 Å². The fourth-order valence-electron chi connectivity index (χ4n) is 4.51. The number of hydrogen-bond acceptors (Lipinski definition) is 8. The normalized spacial score (nSPS) is 17.7. The molecule has 1 aliphatic rings. The lowest BCUT2D eigenvalue weighted by Crippen LogP contribution is -2.49. The van der Waals surface area contributed by atoms with E-state index in [4.69, 9.17) is 14.9 Å². The van der Waals surface area contributed by atoms with E-state index in [9.17, 15) is 4.79 Å². The molecule has 0 saturated carbocycles. The van der Waals surface area contributed by atoms with Crippen molar-refractivity contribution in [2.24, 2.45) is 5.92 Å². The quantitative estimate of drug-likeness (QED) is 0.384. The Labute approximate surface area is 199 Å². The van der Waals surface area contributed by atoms with E-state index in [0.717, 1.165) is 18.6 Å². The zero-order valence-corrected chi connectivity index (χ0v) is 19.1. The molecule has 35 heavy (non-hydrogen) atoms. The Bertz CT molecular complexity index is 1500. The molecule has 4 aromatic heterocycles. The zero-order valence-electron chi connectivity index (χ0n) is 19.1. The van der Waals surface area contributed by atoms with E-state index in [2.05, 4.69) is 25.5 Å². The number of nitrogen functional groups attached to an aromatic ring is 1. The molecular formula is C24H24N8O3. The molecule has 1 fully saturated rings. The van der Waals surface area contributed by atoms with Crippen molar-refractivity contribution in [3.63, 3.8) is 0 Å². The first-order chi connectivity index (χ1) is 17.1. The van der Waals surface area contributed by atoms with Crippen LogP contribution in [0.25, 0.3) is 28.3 Å². The van der Waals surface area contributed by atoms with Gasteiger partial charge in [0.15, 0.2) is 22.6 Å². The highest BCUT2D eigenvalue weighted by Crippen LogP contribution is 2.31. The number of ether oxygens (including phenoxy) is 1. The number of amides is 1. The molecule has 3 N–H and O–H groups in total. The number of nitrogens with zero attached hydrogens (tertiary/aromatic N) is 6. The predicted molar refractivity (Wildman–Crippen MR) is 127 cm³/mol. The number of aromatic nitrogens is 6. The molecule has 0 aliphatic carbocycles. The van der Waals surface area contributed by atoms with E-state index >= 15 is 0 Å². The van der Waals surface area contributed by atoms with Crippen LogP contribution in [0.3, 0.4) is 0 Å². The van der Waals surface area contributed by atoms with Gasteiger partial charge in [-0.25, -0.2) is 9.67 Å². The monoisotopic (exact) mass is 472 g/mol. The van der Waals surface area contributed by atoms with Gasteiger partial charge in [0.25, 0.3) is 5.91 Å². The van der Waals surface area contributed by atoms with Gasteiger partial charge in [-0.05, 0) is 31.0 Å². The Balaban J connectivity index is 1.48. The molecule has 1 amide bonds. The number of nitrogens with two attached hydrogens (primary N) is 1. The maximum absolute atomic E-state index is 13.8. The van der Waals surface area contributed by atoms with Crippen molar-refractivity contribution in [2.45, 2.75) is 18.9 Å². The minimum absolute atomic E-state index is 0.124. The summed E-state index contributed by atoms with van der Waals surface area (Å²) in [5, 5.41) is 12.8. The Morgan fingerprint density at radius 3 is 2.80 bits per heavy atom.